The lowest BCUT2D eigenvalue weighted by molar-refractivity contribution is -0.122. The molecule has 0 aliphatic carbocycles. The molecule has 0 unspecified atom stereocenters. The van der Waals surface area contributed by atoms with Crippen molar-refractivity contribution in [2.75, 3.05) is 30.8 Å². The lowest BCUT2D eigenvalue weighted by Gasteiger charge is -2.30. The Morgan fingerprint density at radius 1 is 1.30 bits per heavy atom. The van der Waals surface area contributed by atoms with Gasteiger partial charge in [-0.1, -0.05) is 24.6 Å². The highest BCUT2D eigenvalue weighted by Crippen LogP contribution is 2.22. The Bertz CT molecular complexity index is 599. The number of nitrogens with zero attached hydrogens (tertiary/aromatic N) is 1. The number of hydrogen-bond donors (Lipinski definition) is 1. The molecule has 0 aromatic heterocycles. The van der Waals surface area contributed by atoms with Crippen molar-refractivity contribution in [1.29, 1.82) is 0 Å². The fraction of sp³-hybridized carbons (Fsp3) is 0.562. The van der Waals surface area contributed by atoms with Gasteiger partial charge in [0, 0.05) is 20.3 Å². The third-order valence-electron chi connectivity index (χ3n) is 3.44. The molecular formula is C16H26N2O4S. The topological polar surface area (TPSA) is 75.7 Å². The predicted molar refractivity (Wildman–Crippen MR) is 92.1 cm³/mol. The van der Waals surface area contributed by atoms with Crippen LogP contribution in [0.4, 0.5) is 5.69 Å². The molecule has 0 bridgehead atoms. The first-order valence-corrected chi connectivity index (χ1v) is 9.48. The number of aryl methyl sites for hydroxylation is 1. The summed E-state index contributed by atoms with van der Waals surface area (Å²) in [5, 5.41) is 2.78. The van der Waals surface area contributed by atoms with Crippen molar-refractivity contribution in [2.24, 2.45) is 0 Å². The van der Waals surface area contributed by atoms with E-state index >= 15 is 0 Å². The molecule has 0 aliphatic rings. The quantitative estimate of drug-likeness (QED) is 0.693. The molecule has 0 saturated carbocycles. The van der Waals surface area contributed by atoms with E-state index in [4.69, 9.17) is 4.74 Å². The van der Waals surface area contributed by atoms with Gasteiger partial charge < -0.3 is 10.1 Å². The lowest BCUT2D eigenvalue weighted by atomic mass is 10.1. The number of carbonyl (C=O) groups excluding carboxylic acids is 1. The fourth-order valence-electron chi connectivity index (χ4n) is 2.30. The maximum absolute atomic E-state index is 12.4. The molecule has 0 saturated heterocycles. The van der Waals surface area contributed by atoms with Crippen LogP contribution in [0.1, 0.15) is 25.3 Å². The molecule has 0 fully saturated rings. The summed E-state index contributed by atoms with van der Waals surface area (Å²) in [7, 11) is -1.98. The Balaban J connectivity index is 2.99. The molecule has 1 aromatic carbocycles. The van der Waals surface area contributed by atoms with Crippen molar-refractivity contribution in [3.63, 3.8) is 0 Å². The van der Waals surface area contributed by atoms with E-state index in [1.54, 1.807) is 26.2 Å². The number of ether oxygens (including phenoxy) is 1. The van der Waals surface area contributed by atoms with Gasteiger partial charge in [0.15, 0.2) is 0 Å². The first-order chi connectivity index (χ1) is 10.8. The van der Waals surface area contributed by atoms with Crippen LogP contribution >= 0.6 is 0 Å². The number of methoxy groups -OCH3 is 1. The van der Waals surface area contributed by atoms with Crippen molar-refractivity contribution in [3.8, 4) is 0 Å². The van der Waals surface area contributed by atoms with Gasteiger partial charge in [0.2, 0.25) is 15.9 Å². The number of benzene rings is 1. The van der Waals surface area contributed by atoms with Gasteiger partial charge in [0.05, 0.1) is 11.9 Å². The van der Waals surface area contributed by atoms with E-state index in [2.05, 4.69) is 5.32 Å². The number of amides is 1. The number of carbonyl (C=O) groups is 1. The highest BCUT2D eigenvalue weighted by atomic mass is 32.2. The molecule has 0 radical (unpaired) electrons. The van der Waals surface area contributed by atoms with E-state index < -0.39 is 16.1 Å². The summed E-state index contributed by atoms with van der Waals surface area (Å²) in [5.74, 6) is -0.297. The molecule has 1 atom stereocenters. The molecule has 6 nitrogen and oxygen atoms in total. The third kappa shape index (κ3) is 5.84. The van der Waals surface area contributed by atoms with Gasteiger partial charge >= 0.3 is 0 Å². The van der Waals surface area contributed by atoms with Crippen LogP contribution < -0.4 is 9.62 Å². The van der Waals surface area contributed by atoms with Crippen molar-refractivity contribution in [2.45, 2.75) is 32.7 Å². The molecule has 1 N–H and O–H groups in total. The third-order valence-corrected chi connectivity index (χ3v) is 4.62. The van der Waals surface area contributed by atoms with E-state index in [0.717, 1.165) is 11.8 Å². The average Bonchev–Trinajstić information content (AvgIpc) is 2.49. The second-order valence-corrected chi connectivity index (χ2v) is 7.32. The van der Waals surface area contributed by atoms with Crippen LogP contribution in [0.3, 0.4) is 0 Å². The van der Waals surface area contributed by atoms with Crippen LogP contribution in [-0.4, -0.2) is 46.9 Å². The normalized spacial score (nSPS) is 12.7. The molecule has 0 aliphatic heterocycles. The Morgan fingerprint density at radius 2 is 1.91 bits per heavy atom. The molecule has 1 amide bonds. The van der Waals surface area contributed by atoms with Crippen molar-refractivity contribution < 1.29 is 17.9 Å². The van der Waals surface area contributed by atoms with Crippen LogP contribution in [0.5, 0.6) is 0 Å². The monoisotopic (exact) mass is 342 g/mol. The Hall–Kier alpha value is -1.60. The Morgan fingerprint density at radius 3 is 2.39 bits per heavy atom. The molecule has 23 heavy (non-hydrogen) atoms. The van der Waals surface area contributed by atoms with Crippen LogP contribution in [0.25, 0.3) is 0 Å². The number of rotatable bonds is 9. The highest BCUT2D eigenvalue weighted by Gasteiger charge is 2.31. The van der Waals surface area contributed by atoms with Gasteiger partial charge in [0.1, 0.15) is 6.04 Å². The largest absolute Gasteiger partial charge is 0.385 e. The highest BCUT2D eigenvalue weighted by molar-refractivity contribution is 7.92. The molecule has 0 spiro atoms. The van der Waals surface area contributed by atoms with Gasteiger partial charge in [-0.05, 0) is 31.9 Å². The Kier molecular flexibility index (Phi) is 7.51. The zero-order chi connectivity index (χ0) is 17.5. The van der Waals surface area contributed by atoms with E-state index in [9.17, 15) is 13.2 Å². The summed E-state index contributed by atoms with van der Waals surface area (Å²) in [6.45, 7) is 4.72. The smallest absolute Gasteiger partial charge is 0.243 e. The second-order valence-electron chi connectivity index (χ2n) is 5.46. The van der Waals surface area contributed by atoms with Gasteiger partial charge in [0.25, 0.3) is 0 Å². The van der Waals surface area contributed by atoms with Crippen LogP contribution in [-0.2, 0) is 19.6 Å². The standard InChI is InChI=1S/C16H26N2O4S/c1-5-15(16(19)17-11-6-12-22-3)18(23(4,20)21)14-9-7-13(2)8-10-14/h7-10,15H,5-6,11-12H2,1-4H3,(H,17,19)/t15-/m0/s1. The van der Waals surface area contributed by atoms with E-state index in [-0.39, 0.29) is 5.91 Å². The number of anilines is 1. The summed E-state index contributed by atoms with van der Waals surface area (Å²) in [6.07, 6.45) is 2.19. The molecule has 130 valence electrons. The van der Waals surface area contributed by atoms with Crippen molar-refractivity contribution in [1.82, 2.24) is 5.32 Å². The maximum atomic E-state index is 12.4. The van der Waals surface area contributed by atoms with E-state index in [1.807, 2.05) is 19.1 Å². The summed E-state index contributed by atoms with van der Waals surface area (Å²) in [4.78, 5) is 12.4. The average molecular weight is 342 g/mol. The molecule has 1 aromatic rings. The zero-order valence-corrected chi connectivity index (χ0v) is 15.0. The second kappa shape index (κ2) is 8.88. The van der Waals surface area contributed by atoms with Crippen LogP contribution in [0.15, 0.2) is 24.3 Å². The fourth-order valence-corrected chi connectivity index (χ4v) is 3.51. The lowest BCUT2D eigenvalue weighted by Crippen LogP contribution is -2.49. The van der Waals surface area contributed by atoms with Gasteiger partial charge in [-0.15, -0.1) is 0 Å². The van der Waals surface area contributed by atoms with Gasteiger partial charge in [-0.25, -0.2) is 8.42 Å². The minimum absolute atomic E-state index is 0.297. The van der Waals surface area contributed by atoms with Crippen LogP contribution in [0.2, 0.25) is 0 Å². The Labute approximate surface area is 138 Å². The summed E-state index contributed by atoms with van der Waals surface area (Å²) in [6, 6.07) is 6.33. The van der Waals surface area contributed by atoms with Crippen molar-refractivity contribution in [3.05, 3.63) is 29.8 Å². The van der Waals surface area contributed by atoms with Gasteiger partial charge in [-0.2, -0.15) is 0 Å². The molecule has 0 heterocycles. The SMILES string of the molecule is CC[C@@H](C(=O)NCCCOC)N(c1ccc(C)cc1)S(C)(=O)=O. The van der Waals surface area contributed by atoms with Crippen LogP contribution in [0, 0.1) is 6.92 Å². The molecule has 7 heteroatoms. The molecular weight excluding hydrogens is 316 g/mol. The minimum atomic E-state index is -3.57. The number of nitrogens with one attached hydrogen (secondary N) is 1. The van der Waals surface area contributed by atoms with E-state index in [1.165, 1.54) is 4.31 Å². The summed E-state index contributed by atoms with van der Waals surface area (Å²) >= 11 is 0. The van der Waals surface area contributed by atoms with E-state index in [0.29, 0.717) is 31.7 Å². The summed E-state index contributed by atoms with van der Waals surface area (Å²) < 4.78 is 30.6. The minimum Gasteiger partial charge on any atom is -0.385 e. The first-order valence-electron chi connectivity index (χ1n) is 7.64. The van der Waals surface area contributed by atoms with Gasteiger partial charge in [-0.3, -0.25) is 9.10 Å². The number of sulfonamides is 1. The number of hydrogen-bond acceptors (Lipinski definition) is 4. The summed E-state index contributed by atoms with van der Waals surface area (Å²) in [5.41, 5.74) is 1.52. The predicted octanol–water partition coefficient (Wildman–Crippen LogP) is 1.69. The maximum Gasteiger partial charge on any atom is 0.243 e. The zero-order valence-electron chi connectivity index (χ0n) is 14.2. The molecule has 1 rings (SSSR count). The van der Waals surface area contributed by atoms with Crippen molar-refractivity contribution >= 4 is 21.6 Å². The first kappa shape index (κ1) is 19.4.